The Kier molecular flexibility index (Phi) is 2.89. The SMILES string of the molecule is COc1ccc2[nH]c(/C=C3\C(=O)NN=C3OC3CC3)cc2c1. The fourth-order valence-electron chi connectivity index (χ4n) is 2.37. The molecule has 1 saturated carbocycles. The van der Waals surface area contributed by atoms with Crippen molar-refractivity contribution < 1.29 is 14.3 Å². The smallest absolute Gasteiger partial charge is 0.277 e. The van der Waals surface area contributed by atoms with Crippen molar-refractivity contribution in [3.8, 4) is 5.75 Å². The zero-order chi connectivity index (χ0) is 15.1. The number of H-pyrrole nitrogens is 1. The minimum atomic E-state index is -0.244. The van der Waals surface area contributed by atoms with E-state index >= 15 is 0 Å². The number of aromatic nitrogens is 1. The Balaban J connectivity index is 1.68. The van der Waals surface area contributed by atoms with Crippen LogP contribution in [0.1, 0.15) is 18.5 Å². The highest BCUT2D eigenvalue weighted by atomic mass is 16.5. The summed E-state index contributed by atoms with van der Waals surface area (Å²) in [5, 5.41) is 4.97. The highest BCUT2D eigenvalue weighted by molar-refractivity contribution is 6.24. The second-order valence-electron chi connectivity index (χ2n) is 5.41. The molecule has 4 rings (SSSR count). The summed E-state index contributed by atoms with van der Waals surface area (Å²) in [6.07, 6.45) is 4.00. The van der Waals surface area contributed by atoms with E-state index in [2.05, 4.69) is 15.5 Å². The molecule has 0 atom stereocenters. The van der Waals surface area contributed by atoms with E-state index in [1.165, 1.54) is 0 Å². The van der Waals surface area contributed by atoms with Gasteiger partial charge in [-0.05, 0) is 43.2 Å². The Bertz CT molecular complexity index is 815. The first-order valence-corrected chi connectivity index (χ1v) is 7.16. The number of methoxy groups -OCH3 is 1. The summed E-state index contributed by atoms with van der Waals surface area (Å²) in [6.45, 7) is 0. The molecule has 1 aromatic heterocycles. The topological polar surface area (TPSA) is 75.7 Å². The molecule has 1 aliphatic heterocycles. The molecule has 2 heterocycles. The van der Waals surface area contributed by atoms with Crippen LogP contribution in [0.4, 0.5) is 0 Å². The Hall–Kier alpha value is -2.76. The van der Waals surface area contributed by atoms with Crippen LogP contribution in [-0.4, -0.2) is 30.0 Å². The normalized spacial score (nSPS) is 19.4. The van der Waals surface area contributed by atoms with Crippen LogP contribution in [-0.2, 0) is 9.53 Å². The number of fused-ring (bicyclic) bond motifs is 1. The highest BCUT2D eigenvalue weighted by Crippen LogP contribution is 2.27. The van der Waals surface area contributed by atoms with Crippen molar-refractivity contribution in [1.82, 2.24) is 10.4 Å². The number of hydrogen-bond acceptors (Lipinski definition) is 4. The van der Waals surface area contributed by atoms with Gasteiger partial charge in [-0.15, -0.1) is 5.10 Å². The molecular weight excluding hydrogens is 282 g/mol. The van der Waals surface area contributed by atoms with Crippen molar-refractivity contribution in [3.63, 3.8) is 0 Å². The second kappa shape index (κ2) is 4.91. The van der Waals surface area contributed by atoms with Crippen LogP contribution in [0, 0.1) is 0 Å². The van der Waals surface area contributed by atoms with Crippen molar-refractivity contribution in [2.45, 2.75) is 18.9 Å². The fraction of sp³-hybridized carbons (Fsp3) is 0.250. The van der Waals surface area contributed by atoms with E-state index in [9.17, 15) is 4.79 Å². The monoisotopic (exact) mass is 297 g/mol. The molecule has 1 fully saturated rings. The van der Waals surface area contributed by atoms with Crippen molar-refractivity contribution >= 4 is 28.8 Å². The molecule has 1 aromatic carbocycles. The van der Waals surface area contributed by atoms with Crippen molar-refractivity contribution in [3.05, 3.63) is 35.5 Å². The predicted molar refractivity (Wildman–Crippen MR) is 82.5 cm³/mol. The Labute approximate surface area is 126 Å². The number of hydrazone groups is 1. The number of carbonyl (C=O) groups excluding carboxylic acids is 1. The molecule has 0 unspecified atom stereocenters. The average Bonchev–Trinajstić information content (AvgIpc) is 3.15. The first-order valence-electron chi connectivity index (χ1n) is 7.16. The third-order valence-electron chi connectivity index (χ3n) is 3.69. The summed E-state index contributed by atoms with van der Waals surface area (Å²) >= 11 is 0. The second-order valence-corrected chi connectivity index (χ2v) is 5.41. The van der Waals surface area contributed by atoms with E-state index in [1.807, 2.05) is 24.3 Å². The lowest BCUT2D eigenvalue weighted by Crippen LogP contribution is -2.14. The maximum atomic E-state index is 11.9. The minimum Gasteiger partial charge on any atom is -0.497 e. The van der Waals surface area contributed by atoms with E-state index in [0.717, 1.165) is 35.2 Å². The molecule has 2 N–H and O–H groups in total. The van der Waals surface area contributed by atoms with Gasteiger partial charge in [-0.3, -0.25) is 4.79 Å². The Morgan fingerprint density at radius 1 is 1.32 bits per heavy atom. The van der Waals surface area contributed by atoms with Crippen molar-refractivity contribution in [2.24, 2.45) is 5.10 Å². The van der Waals surface area contributed by atoms with Gasteiger partial charge in [0.2, 0.25) is 5.90 Å². The molecule has 2 aliphatic rings. The summed E-state index contributed by atoms with van der Waals surface area (Å²) < 4.78 is 10.9. The third kappa shape index (κ3) is 2.32. The van der Waals surface area contributed by atoms with E-state index in [-0.39, 0.29) is 12.0 Å². The zero-order valence-electron chi connectivity index (χ0n) is 12.1. The van der Waals surface area contributed by atoms with E-state index < -0.39 is 0 Å². The Morgan fingerprint density at radius 3 is 2.95 bits per heavy atom. The largest absolute Gasteiger partial charge is 0.497 e. The highest BCUT2D eigenvalue weighted by Gasteiger charge is 2.31. The molecule has 6 heteroatoms. The fourth-order valence-corrected chi connectivity index (χ4v) is 2.37. The number of aromatic amines is 1. The molecule has 0 spiro atoms. The summed E-state index contributed by atoms with van der Waals surface area (Å²) in [4.78, 5) is 15.2. The molecule has 22 heavy (non-hydrogen) atoms. The molecule has 0 bridgehead atoms. The maximum Gasteiger partial charge on any atom is 0.277 e. The lowest BCUT2D eigenvalue weighted by atomic mass is 10.2. The average molecular weight is 297 g/mol. The number of nitrogens with one attached hydrogen (secondary N) is 2. The zero-order valence-corrected chi connectivity index (χ0v) is 12.1. The number of carbonyl (C=O) groups is 1. The number of rotatable bonds is 3. The van der Waals surface area contributed by atoms with Crippen LogP contribution in [0.15, 0.2) is 34.9 Å². The van der Waals surface area contributed by atoms with E-state index in [1.54, 1.807) is 13.2 Å². The summed E-state index contributed by atoms with van der Waals surface area (Å²) in [6, 6.07) is 7.74. The standard InChI is InChI=1S/C16H15N3O3/c1-21-12-4-5-14-9(7-12)6-10(17-14)8-13-15(20)18-19-16(13)22-11-2-3-11/h4-8,11,17H,2-3H2,1H3,(H,18,20)/b13-8+. The number of benzene rings is 1. The van der Waals surface area contributed by atoms with Gasteiger partial charge in [0.05, 0.1) is 7.11 Å². The van der Waals surface area contributed by atoms with Gasteiger partial charge < -0.3 is 14.5 Å². The number of nitrogens with zero attached hydrogens (tertiary/aromatic N) is 1. The van der Waals surface area contributed by atoms with Gasteiger partial charge in [-0.25, -0.2) is 5.43 Å². The Morgan fingerprint density at radius 2 is 2.18 bits per heavy atom. The van der Waals surface area contributed by atoms with Crippen LogP contribution >= 0.6 is 0 Å². The van der Waals surface area contributed by atoms with Crippen LogP contribution in [0.2, 0.25) is 0 Å². The van der Waals surface area contributed by atoms with Gasteiger partial charge in [0.1, 0.15) is 17.4 Å². The maximum absolute atomic E-state index is 11.9. The lowest BCUT2D eigenvalue weighted by molar-refractivity contribution is -0.116. The lowest BCUT2D eigenvalue weighted by Gasteiger charge is -2.02. The predicted octanol–water partition coefficient (Wildman–Crippen LogP) is 2.18. The molecule has 0 radical (unpaired) electrons. The first-order chi connectivity index (χ1) is 10.7. The van der Waals surface area contributed by atoms with Gasteiger partial charge in [0.15, 0.2) is 0 Å². The molecular formula is C16H15N3O3. The van der Waals surface area contributed by atoms with Crippen LogP contribution in [0.25, 0.3) is 17.0 Å². The van der Waals surface area contributed by atoms with Gasteiger partial charge in [0, 0.05) is 16.6 Å². The molecule has 1 amide bonds. The van der Waals surface area contributed by atoms with Gasteiger partial charge >= 0.3 is 0 Å². The number of amides is 1. The first kappa shape index (κ1) is 12.9. The third-order valence-corrected chi connectivity index (χ3v) is 3.69. The quantitative estimate of drug-likeness (QED) is 0.853. The molecule has 6 nitrogen and oxygen atoms in total. The summed E-state index contributed by atoms with van der Waals surface area (Å²) in [7, 11) is 1.64. The van der Waals surface area contributed by atoms with Crippen LogP contribution in [0.3, 0.4) is 0 Å². The van der Waals surface area contributed by atoms with Gasteiger partial charge in [0.25, 0.3) is 5.91 Å². The molecule has 112 valence electrons. The van der Waals surface area contributed by atoms with Crippen molar-refractivity contribution in [1.29, 1.82) is 0 Å². The summed E-state index contributed by atoms with van der Waals surface area (Å²) in [5.41, 5.74) is 4.70. The van der Waals surface area contributed by atoms with Crippen LogP contribution < -0.4 is 10.2 Å². The molecule has 1 aliphatic carbocycles. The van der Waals surface area contributed by atoms with Gasteiger partial charge in [-0.2, -0.15) is 0 Å². The number of hydrogen-bond donors (Lipinski definition) is 2. The van der Waals surface area contributed by atoms with Gasteiger partial charge in [-0.1, -0.05) is 0 Å². The van der Waals surface area contributed by atoms with E-state index in [0.29, 0.717) is 11.5 Å². The summed E-state index contributed by atoms with van der Waals surface area (Å²) in [5.74, 6) is 0.930. The number of ether oxygens (including phenoxy) is 2. The van der Waals surface area contributed by atoms with Crippen molar-refractivity contribution in [2.75, 3.05) is 7.11 Å². The minimum absolute atomic E-state index is 0.196. The van der Waals surface area contributed by atoms with E-state index in [4.69, 9.17) is 9.47 Å². The van der Waals surface area contributed by atoms with Crippen LogP contribution in [0.5, 0.6) is 5.75 Å². The molecule has 0 saturated heterocycles. The molecule has 2 aromatic rings.